The summed E-state index contributed by atoms with van der Waals surface area (Å²) in [6, 6.07) is 5.35. The molecule has 1 aromatic carbocycles. The van der Waals surface area contributed by atoms with Crippen LogP contribution in [0, 0.1) is 5.92 Å². The molecule has 1 N–H and O–H groups in total. The Hall–Kier alpha value is -2.50. The summed E-state index contributed by atoms with van der Waals surface area (Å²) in [5, 5.41) is 2.68. The van der Waals surface area contributed by atoms with E-state index in [1.807, 2.05) is 27.7 Å². The number of benzene rings is 1. The molecular weight excluding hydrogens is 322 g/mol. The van der Waals surface area contributed by atoms with Crippen molar-refractivity contribution in [3.05, 3.63) is 29.8 Å². The van der Waals surface area contributed by atoms with Crippen molar-refractivity contribution in [1.82, 2.24) is 5.32 Å². The van der Waals surface area contributed by atoms with Crippen LogP contribution < -0.4 is 14.8 Å². The molecule has 0 aromatic heterocycles. The van der Waals surface area contributed by atoms with Gasteiger partial charge in [0.1, 0.15) is 0 Å². The molecule has 138 valence electrons. The maximum atomic E-state index is 11.7. The average molecular weight is 349 g/mol. The van der Waals surface area contributed by atoms with Gasteiger partial charge in [0.25, 0.3) is 5.91 Å². The maximum absolute atomic E-state index is 11.7. The minimum absolute atomic E-state index is 0.0344. The van der Waals surface area contributed by atoms with Crippen molar-refractivity contribution in [3.8, 4) is 11.5 Å². The molecule has 1 amide bonds. The van der Waals surface area contributed by atoms with Gasteiger partial charge in [-0.05, 0) is 43.5 Å². The fourth-order valence-corrected chi connectivity index (χ4v) is 1.86. The Kier molecular flexibility index (Phi) is 8.53. The maximum Gasteiger partial charge on any atom is 0.331 e. The van der Waals surface area contributed by atoms with Crippen LogP contribution in [0.3, 0.4) is 0 Å². The molecule has 0 fully saturated rings. The van der Waals surface area contributed by atoms with Crippen LogP contribution in [0.25, 0.3) is 6.08 Å². The van der Waals surface area contributed by atoms with Crippen molar-refractivity contribution in [3.63, 3.8) is 0 Å². The minimum atomic E-state index is -0.582. The second-order valence-electron chi connectivity index (χ2n) is 6.22. The smallest absolute Gasteiger partial charge is 0.331 e. The molecule has 25 heavy (non-hydrogen) atoms. The second kappa shape index (κ2) is 10.4. The number of hydrogen-bond donors (Lipinski definition) is 1. The molecule has 1 rings (SSSR count). The molecule has 1 aromatic rings. The summed E-state index contributed by atoms with van der Waals surface area (Å²) in [5.41, 5.74) is 0.758. The molecule has 0 aliphatic heterocycles. The van der Waals surface area contributed by atoms with Gasteiger partial charge in [-0.25, -0.2) is 4.79 Å². The Labute approximate surface area is 149 Å². The van der Waals surface area contributed by atoms with E-state index in [1.165, 1.54) is 6.08 Å². The first kappa shape index (κ1) is 20.5. The molecule has 0 aliphatic rings. The van der Waals surface area contributed by atoms with Crippen molar-refractivity contribution in [2.45, 2.75) is 33.8 Å². The molecule has 6 heteroatoms. The number of amides is 1. The summed E-state index contributed by atoms with van der Waals surface area (Å²) in [6.45, 7) is 8.10. The third-order valence-electron chi connectivity index (χ3n) is 3.02. The molecule has 0 saturated carbocycles. The third-order valence-corrected chi connectivity index (χ3v) is 3.02. The van der Waals surface area contributed by atoms with Crippen LogP contribution in [-0.4, -0.2) is 38.2 Å². The number of methoxy groups -OCH3 is 1. The monoisotopic (exact) mass is 349 g/mol. The normalized spacial score (nSPS) is 11.0. The molecule has 0 unspecified atom stereocenters. The van der Waals surface area contributed by atoms with Gasteiger partial charge in [0.15, 0.2) is 18.1 Å². The molecule has 0 radical (unpaired) electrons. The van der Waals surface area contributed by atoms with E-state index < -0.39 is 5.97 Å². The van der Waals surface area contributed by atoms with Gasteiger partial charge in [-0.2, -0.15) is 0 Å². The van der Waals surface area contributed by atoms with Gasteiger partial charge >= 0.3 is 5.97 Å². The molecule has 6 nitrogen and oxygen atoms in total. The van der Waals surface area contributed by atoms with E-state index in [4.69, 9.17) is 14.2 Å². The molecule has 0 aliphatic carbocycles. The van der Waals surface area contributed by atoms with Gasteiger partial charge in [-0.1, -0.05) is 19.9 Å². The van der Waals surface area contributed by atoms with Crippen molar-refractivity contribution < 1.29 is 23.8 Å². The Morgan fingerprint density at radius 1 is 1.16 bits per heavy atom. The largest absolute Gasteiger partial charge is 0.493 e. The van der Waals surface area contributed by atoms with Crippen LogP contribution in [0.2, 0.25) is 0 Å². The van der Waals surface area contributed by atoms with Gasteiger partial charge in [0.2, 0.25) is 0 Å². The number of ether oxygens (including phenoxy) is 3. The summed E-state index contributed by atoms with van der Waals surface area (Å²) in [7, 11) is 1.56. The van der Waals surface area contributed by atoms with Gasteiger partial charge < -0.3 is 19.5 Å². The lowest BCUT2D eigenvalue weighted by Gasteiger charge is -2.13. The standard InChI is InChI=1S/C19H27NO5/c1-13(2)11-20-18(21)12-24-19(22)9-7-15-6-8-16(25-14(3)4)17(10-15)23-5/h6-10,13-14H,11-12H2,1-5H3,(H,20,21)/b9-7+. The summed E-state index contributed by atoms with van der Waals surface area (Å²) < 4.78 is 15.8. The number of hydrogen-bond acceptors (Lipinski definition) is 5. The third kappa shape index (κ3) is 8.24. The first-order valence-corrected chi connectivity index (χ1v) is 8.28. The summed E-state index contributed by atoms with van der Waals surface area (Å²) in [6.07, 6.45) is 2.90. The van der Waals surface area contributed by atoms with E-state index in [2.05, 4.69) is 5.32 Å². The van der Waals surface area contributed by atoms with E-state index in [0.717, 1.165) is 5.56 Å². The number of nitrogens with one attached hydrogen (secondary N) is 1. The zero-order valence-electron chi connectivity index (χ0n) is 15.5. The fraction of sp³-hybridized carbons (Fsp3) is 0.474. The highest BCUT2D eigenvalue weighted by atomic mass is 16.5. The quantitative estimate of drug-likeness (QED) is 0.548. The van der Waals surface area contributed by atoms with Crippen LogP contribution in [0.1, 0.15) is 33.3 Å². The van der Waals surface area contributed by atoms with Crippen LogP contribution >= 0.6 is 0 Å². The van der Waals surface area contributed by atoms with Crippen molar-refractivity contribution in [1.29, 1.82) is 0 Å². The molecule has 0 bridgehead atoms. The molecule has 0 spiro atoms. The lowest BCUT2D eigenvalue weighted by Crippen LogP contribution is -2.31. The number of carbonyl (C=O) groups excluding carboxylic acids is 2. The van der Waals surface area contributed by atoms with Crippen LogP contribution in [-0.2, 0) is 14.3 Å². The molecule has 0 heterocycles. The van der Waals surface area contributed by atoms with Crippen molar-refractivity contribution >= 4 is 18.0 Å². The molecule has 0 saturated heterocycles. The zero-order valence-corrected chi connectivity index (χ0v) is 15.5. The number of esters is 1. The lowest BCUT2D eigenvalue weighted by molar-refractivity contribution is -0.143. The predicted octanol–water partition coefficient (Wildman–Crippen LogP) is 2.81. The number of rotatable bonds is 9. The van der Waals surface area contributed by atoms with E-state index in [0.29, 0.717) is 24.0 Å². The fourth-order valence-electron chi connectivity index (χ4n) is 1.86. The highest BCUT2D eigenvalue weighted by Crippen LogP contribution is 2.29. The highest BCUT2D eigenvalue weighted by Gasteiger charge is 2.08. The summed E-state index contributed by atoms with van der Waals surface area (Å²) in [5.74, 6) is 0.669. The molecule has 0 atom stereocenters. The van der Waals surface area contributed by atoms with Crippen LogP contribution in [0.15, 0.2) is 24.3 Å². The van der Waals surface area contributed by atoms with Crippen molar-refractivity contribution in [2.24, 2.45) is 5.92 Å². The SMILES string of the molecule is COc1cc(/C=C/C(=O)OCC(=O)NCC(C)C)ccc1OC(C)C. The van der Waals surface area contributed by atoms with Gasteiger partial charge in [-0.15, -0.1) is 0 Å². The second-order valence-corrected chi connectivity index (χ2v) is 6.22. The average Bonchev–Trinajstić information content (AvgIpc) is 2.56. The Balaban J connectivity index is 2.57. The first-order valence-electron chi connectivity index (χ1n) is 8.28. The van der Waals surface area contributed by atoms with Crippen LogP contribution in [0.4, 0.5) is 0 Å². The Bertz CT molecular complexity index is 608. The number of carbonyl (C=O) groups is 2. The van der Waals surface area contributed by atoms with E-state index >= 15 is 0 Å². The predicted molar refractivity (Wildman–Crippen MR) is 96.6 cm³/mol. The highest BCUT2D eigenvalue weighted by molar-refractivity contribution is 5.89. The first-order chi connectivity index (χ1) is 11.8. The van der Waals surface area contributed by atoms with Crippen LogP contribution in [0.5, 0.6) is 11.5 Å². The zero-order chi connectivity index (χ0) is 18.8. The molecular formula is C19H27NO5. The summed E-state index contributed by atoms with van der Waals surface area (Å²) in [4.78, 5) is 23.2. The van der Waals surface area contributed by atoms with E-state index in [-0.39, 0.29) is 18.6 Å². The van der Waals surface area contributed by atoms with Gasteiger partial charge in [0.05, 0.1) is 13.2 Å². The van der Waals surface area contributed by atoms with Gasteiger partial charge in [0, 0.05) is 12.6 Å². The van der Waals surface area contributed by atoms with Crippen molar-refractivity contribution in [2.75, 3.05) is 20.3 Å². The van der Waals surface area contributed by atoms with E-state index in [9.17, 15) is 9.59 Å². The minimum Gasteiger partial charge on any atom is -0.493 e. The van der Waals surface area contributed by atoms with E-state index in [1.54, 1.807) is 31.4 Å². The topological polar surface area (TPSA) is 73.9 Å². The Morgan fingerprint density at radius 3 is 2.48 bits per heavy atom. The van der Waals surface area contributed by atoms with Gasteiger partial charge in [-0.3, -0.25) is 4.79 Å². The lowest BCUT2D eigenvalue weighted by atomic mass is 10.2. The Morgan fingerprint density at radius 2 is 1.88 bits per heavy atom. The summed E-state index contributed by atoms with van der Waals surface area (Å²) >= 11 is 0.